The minimum atomic E-state index is -0.0866. The largest absolute Gasteiger partial charge is 0.355 e. The number of hydrogen-bond acceptors (Lipinski definition) is 7. The fourth-order valence-electron chi connectivity index (χ4n) is 4.24. The Labute approximate surface area is 163 Å². The van der Waals surface area contributed by atoms with E-state index in [9.17, 15) is 4.79 Å². The normalized spacial score (nSPS) is 20.6. The predicted octanol–water partition coefficient (Wildman–Crippen LogP) is 1.13. The Morgan fingerprint density at radius 1 is 1.14 bits per heavy atom. The van der Waals surface area contributed by atoms with Gasteiger partial charge in [0.2, 0.25) is 0 Å². The number of pyridine rings is 1. The number of piperidine rings is 1. The maximum absolute atomic E-state index is 12.2. The van der Waals surface area contributed by atoms with E-state index in [4.69, 9.17) is 20.7 Å². The molecule has 8 nitrogen and oxygen atoms in total. The van der Waals surface area contributed by atoms with Crippen LogP contribution in [0.2, 0.25) is 0 Å². The predicted molar refractivity (Wildman–Crippen MR) is 109 cm³/mol. The highest BCUT2D eigenvalue weighted by atomic mass is 16.1. The maximum atomic E-state index is 12.2. The van der Waals surface area contributed by atoms with Crippen molar-refractivity contribution in [2.45, 2.75) is 44.8 Å². The lowest BCUT2D eigenvalue weighted by Gasteiger charge is -2.37. The first-order valence-corrected chi connectivity index (χ1v) is 9.94. The molecule has 3 aliphatic rings. The van der Waals surface area contributed by atoms with Gasteiger partial charge in [-0.15, -0.1) is 0 Å². The smallest absolute Gasteiger partial charge is 0.252 e. The second-order valence-corrected chi connectivity index (χ2v) is 8.18. The molecular formula is C20H25N7O. The molecule has 146 valence electrons. The highest BCUT2D eigenvalue weighted by molar-refractivity contribution is 6.10. The quantitative estimate of drug-likeness (QED) is 0.798. The Bertz CT molecular complexity index is 1000. The molecule has 8 heteroatoms. The van der Waals surface area contributed by atoms with E-state index in [2.05, 4.69) is 16.7 Å². The highest BCUT2D eigenvalue weighted by Gasteiger charge is 2.31. The lowest BCUT2D eigenvalue weighted by Crippen LogP contribution is -2.48. The summed E-state index contributed by atoms with van der Waals surface area (Å²) in [5.74, 6) is 2.61. The molecule has 28 heavy (non-hydrogen) atoms. The Morgan fingerprint density at radius 2 is 1.96 bits per heavy atom. The Balaban J connectivity index is 1.42. The van der Waals surface area contributed by atoms with Crippen molar-refractivity contribution in [3.8, 4) is 0 Å². The van der Waals surface area contributed by atoms with Crippen molar-refractivity contribution in [3.63, 3.8) is 0 Å². The molecule has 5 heterocycles. The zero-order chi connectivity index (χ0) is 19.3. The molecule has 2 N–H and O–H groups in total. The molecule has 0 bridgehead atoms. The number of nitrogens with zero attached hydrogens (tertiary/aromatic N) is 6. The van der Waals surface area contributed by atoms with E-state index in [1.165, 1.54) is 0 Å². The number of aliphatic imine (C=N–C) groups is 1. The summed E-state index contributed by atoms with van der Waals surface area (Å²) in [6.45, 7) is 6.01. The van der Waals surface area contributed by atoms with E-state index >= 15 is 0 Å². The van der Waals surface area contributed by atoms with Crippen molar-refractivity contribution in [2.24, 2.45) is 10.7 Å². The van der Waals surface area contributed by atoms with Crippen molar-refractivity contribution in [3.05, 3.63) is 46.1 Å². The molecule has 0 aromatic carbocycles. The van der Waals surface area contributed by atoms with Gasteiger partial charge in [0.15, 0.2) is 5.84 Å². The molecule has 0 saturated carbocycles. The maximum Gasteiger partial charge on any atom is 0.252 e. The van der Waals surface area contributed by atoms with Gasteiger partial charge in [0.05, 0.1) is 18.4 Å². The highest BCUT2D eigenvalue weighted by Crippen LogP contribution is 2.28. The first kappa shape index (κ1) is 17.4. The monoisotopic (exact) mass is 379 g/mol. The van der Waals surface area contributed by atoms with Crippen molar-refractivity contribution >= 4 is 17.5 Å². The molecule has 1 saturated heterocycles. The SMILES string of the molecule is CC1(N)CCN(c2cnc3c(n2)CN=C3N2CCCn3c2cccc3=O)CC1. The molecule has 0 unspecified atom stereocenters. The third-order valence-corrected chi connectivity index (χ3v) is 5.97. The molecule has 0 aliphatic carbocycles. The zero-order valence-corrected chi connectivity index (χ0v) is 16.1. The van der Waals surface area contributed by atoms with Crippen LogP contribution in [0.3, 0.4) is 0 Å². The molecule has 2 aromatic heterocycles. The average Bonchev–Trinajstić information content (AvgIpc) is 3.11. The van der Waals surface area contributed by atoms with Gasteiger partial charge in [0, 0.05) is 37.8 Å². The summed E-state index contributed by atoms with van der Waals surface area (Å²) in [5.41, 5.74) is 7.92. The van der Waals surface area contributed by atoms with Gasteiger partial charge in [0.25, 0.3) is 5.56 Å². The van der Waals surface area contributed by atoms with Crippen molar-refractivity contribution in [1.82, 2.24) is 14.5 Å². The van der Waals surface area contributed by atoms with Gasteiger partial charge in [-0.3, -0.25) is 14.4 Å². The van der Waals surface area contributed by atoms with E-state index in [1.807, 2.05) is 16.8 Å². The van der Waals surface area contributed by atoms with Crippen LogP contribution in [0.5, 0.6) is 0 Å². The summed E-state index contributed by atoms with van der Waals surface area (Å²) < 4.78 is 1.81. The number of rotatable bonds is 1. The molecule has 2 aromatic rings. The molecule has 0 amide bonds. The van der Waals surface area contributed by atoms with Crippen LogP contribution in [0.1, 0.15) is 37.6 Å². The minimum Gasteiger partial charge on any atom is -0.355 e. The summed E-state index contributed by atoms with van der Waals surface area (Å²) in [5, 5.41) is 0. The van der Waals surface area contributed by atoms with Crippen molar-refractivity contribution < 1.29 is 0 Å². The van der Waals surface area contributed by atoms with E-state index < -0.39 is 0 Å². The van der Waals surface area contributed by atoms with Gasteiger partial charge in [0.1, 0.15) is 17.3 Å². The number of fused-ring (bicyclic) bond motifs is 2. The summed E-state index contributed by atoms with van der Waals surface area (Å²) in [6, 6.07) is 5.38. The second-order valence-electron chi connectivity index (χ2n) is 8.18. The van der Waals surface area contributed by atoms with Gasteiger partial charge in [-0.25, -0.2) is 9.97 Å². The van der Waals surface area contributed by atoms with Gasteiger partial charge >= 0.3 is 0 Å². The topological polar surface area (TPSA) is 92.6 Å². The Kier molecular flexibility index (Phi) is 3.97. The van der Waals surface area contributed by atoms with Gasteiger partial charge in [-0.2, -0.15) is 0 Å². The van der Waals surface area contributed by atoms with Crippen molar-refractivity contribution in [2.75, 3.05) is 29.4 Å². The average molecular weight is 379 g/mol. The van der Waals surface area contributed by atoms with E-state index in [0.29, 0.717) is 6.54 Å². The number of aromatic nitrogens is 3. The number of hydrogen-bond donors (Lipinski definition) is 1. The molecule has 1 fully saturated rings. The first-order valence-electron chi connectivity index (χ1n) is 9.94. The number of anilines is 2. The minimum absolute atomic E-state index is 0.0273. The Hall–Kier alpha value is -2.74. The fraction of sp³-hybridized carbons (Fsp3) is 0.500. The van der Waals surface area contributed by atoms with E-state index in [-0.39, 0.29) is 11.1 Å². The summed E-state index contributed by atoms with van der Waals surface area (Å²) >= 11 is 0. The van der Waals surface area contributed by atoms with Gasteiger partial charge in [-0.1, -0.05) is 6.07 Å². The lowest BCUT2D eigenvalue weighted by atomic mass is 9.91. The third-order valence-electron chi connectivity index (χ3n) is 5.97. The fourth-order valence-corrected chi connectivity index (χ4v) is 4.24. The Morgan fingerprint density at radius 3 is 2.79 bits per heavy atom. The number of nitrogens with two attached hydrogens (primary N) is 1. The third kappa shape index (κ3) is 2.88. The second kappa shape index (κ2) is 6.41. The van der Waals surface area contributed by atoms with Crippen LogP contribution in [0, 0.1) is 0 Å². The van der Waals surface area contributed by atoms with Crippen LogP contribution >= 0.6 is 0 Å². The standard InChI is InChI=1S/C20H25N7O/c1-20(21)6-10-25(11-7-20)15-13-22-18-14(24-15)12-23-19(18)27-9-3-8-26-16(27)4-2-5-17(26)28/h2,4-5,13H,3,6-12,21H2,1H3. The summed E-state index contributed by atoms with van der Waals surface area (Å²) in [6.07, 6.45) is 4.66. The van der Waals surface area contributed by atoms with Crippen LogP contribution < -0.4 is 21.1 Å². The lowest BCUT2D eigenvalue weighted by molar-refractivity contribution is 0.363. The van der Waals surface area contributed by atoms with E-state index in [0.717, 1.165) is 74.3 Å². The van der Waals surface area contributed by atoms with Crippen LogP contribution in [0.15, 0.2) is 34.2 Å². The van der Waals surface area contributed by atoms with Gasteiger partial charge < -0.3 is 15.5 Å². The van der Waals surface area contributed by atoms with Crippen LogP contribution in [0.4, 0.5) is 11.6 Å². The molecular weight excluding hydrogens is 354 g/mol. The van der Waals surface area contributed by atoms with Crippen LogP contribution in [-0.2, 0) is 13.1 Å². The summed E-state index contributed by atoms with van der Waals surface area (Å²) in [4.78, 5) is 30.9. The van der Waals surface area contributed by atoms with Crippen LogP contribution in [0.25, 0.3) is 0 Å². The molecule has 0 radical (unpaired) electrons. The molecule has 0 atom stereocenters. The van der Waals surface area contributed by atoms with E-state index in [1.54, 1.807) is 12.1 Å². The molecule has 3 aliphatic heterocycles. The van der Waals surface area contributed by atoms with Gasteiger partial charge in [-0.05, 0) is 32.3 Å². The number of amidine groups is 1. The van der Waals surface area contributed by atoms with Crippen molar-refractivity contribution in [1.29, 1.82) is 0 Å². The molecule has 0 spiro atoms. The zero-order valence-electron chi connectivity index (χ0n) is 16.1. The van der Waals surface area contributed by atoms with Crippen LogP contribution in [-0.4, -0.2) is 45.5 Å². The summed E-state index contributed by atoms with van der Waals surface area (Å²) in [7, 11) is 0. The molecule has 5 rings (SSSR count). The first-order chi connectivity index (χ1) is 13.5.